The Bertz CT molecular complexity index is 3250. The molecule has 2 aliphatic heterocycles. The molecule has 0 bridgehead atoms. The van der Waals surface area contributed by atoms with Crippen molar-refractivity contribution in [2.24, 2.45) is 0 Å². The van der Waals surface area contributed by atoms with Crippen LogP contribution in [-0.4, -0.2) is 18.6 Å². The van der Waals surface area contributed by atoms with E-state index < -0.39 is 0 Å². The Labute approximate surface area is 329 Å². The van der Waals surface area contributed by atoms with Gasteiger partial charge in [0, 0.05) is 55.3 Å². The lowest BCUT2D eigenvalue weighted by molar-refractivity contribution is 0.159. The van der Waals surface area contributed by atoms with Crippen molar-refractivity contribution >= 4 is 66.3 Å². The molecule has 0 radical (unpaired) electrons. The first-order chi connectivity index (χ1) is 28.3. The maximum absolute atomic E-state index is 4.09. The molecule has 57 heavy (non-hydrogen) atoms. The number of nitrogens with zero attached hydrogens (tertiary/aromatic N) is 4. The molecule has 6 nitrogen and oxygen atoms in total. The molecular weight excluding hydrogens is 697 g/mol. The first-order valence-electron chi connectivity index (χ1n) is 20.1. The molecule has 5 heterocycles. The van der Waals surface area contributed by atoms with Crippen molar-refractivity contribution in [1.29, 1.82) is 0 Å². The van der Waals surface area contributed by atoms with Crippen LogP contribution in [0.15, 0.2) is 175 Å². The molecule has 272 valence electrons. The maximum Gasteiger partial charge on any atom is 0.185 e. The minimum atomic E-state index is -0.236. The summed E-state index contributed by atoms with van der Waals surface area (Å²) in [6, 6.07) is 49.4. The first kappa shape index (κ1) is 31.1. The van der Waals surface area contributed by atoms with Crippen LogP contribution in [-0.2, 0) is 6.42 Å². The van der Waals surface area contributed by atoms with Gasteiger partial charge in [0.05, 0.1) is 39.0 Å². The zero-order valence-electron chi connectivity index (χ0n) is 31.2. The summed E-state index contributed by atoms with van der Waals surface area (Å²) >= 11 is 0. The Morgan fingerprint density at radius 2 is 1.12 bits per heavy atom. The van der Waals surface area contributed by atoms with Gasteiger partial charge >= 0.3 is 0 Å². The van der Waals surface area contributed by atoms with Crippen molar-refractivity contribution in [1.82, 2.24) is 23.9 Å². The van der Waals surface area contributed by atoms with E-state index in [0.29, 0.717) is 0 Å². The lowest BCUT2D eigenvalue weighted by Crippen LogP contribution is -2.43. The minimum absolute atomic E-state index is 0.0356. The number of anilines is 1. The van der Waals surface area contributed by atoms with Crippen LogP contribution >= 0.6 is 0 Å². The van der Waals surface area contributed by atoms with Crippen molar-refractivity contribution in [3.8, 4) is 11.4 Å². The van der Waals surface area contributed by atoms with Crippen LogP contribution < -0.4 is 10.6 Å². The van der Waals surface area contributed by atoms with E-state index in [1.807, 2.05) is 0 Å². The summed E-state index contributed by atoms with van der Waals surface area (Å²) in [6.07, 6.45) is 16.5. The molecule has 0 fully saturated rings. The second kappa shape index (κ2) is 11.7. The Kier molecular flexibility index (Phi) is 6.36. The minimum Gasteiger partial charge on any atom is -0.360 e. The predicted molar refractivity (Wildman–Crippen MR) is 235 cm³/mol. The largest absolute Gasteiger partial charge is 0.360 e. The lowest BCUT2D eigenvalue weighted by Gasteiger charge is -2.43. The van der Waals surface area contributed by atoms with Crippen molar-refractivity contribution in [2.45, 2.75) is 31.7 Å². The lowest BCUT2D eigenvalue weighted by atomic mass is 10.0. The summed E-state index contributed by atoms with van der Waals surface area (Å²) in [5.74, 6) is 0. The molecule has 3 aromatic heterocycles. The van der Waals surface area contributed by atoms with Gasteiger partial charge in [0.25, 0.3) is 0 Å². The summed E-state index contributed by atoms with van der Waals surface area (Å²) in [7, 11) is 0. The fourth-order valence-corrected chi connectivity index (χ4v) is 10.3. The third kappa shape index (κ3) is 4.30. The van der Waals surface area contributed by atoms with E-state index in [1.54, 1.807) is 0 Å². The normalized spacial score (nSPS) is 18.3. The van der Waals surface area contributed by atoms with Crippen LogP contribution in [0, 0.1) is 0 Å². The van der Waals surface area contributed by atoms with Crippen molar-refractivity contribution in [3.05, 3.63) is 192 Å². The number of hydrogen-bond acceptors (Lipinski definition) is 3. The highest BCUT2D eigenvalue weighted by molar-refractivity contribution is 6.12. The fraction of sp³-hybridized carbons (Fsp3) is 0.0980. The van der Waals surface area contributed by atoms with E-state index in [-0.39, 0.29) is 12.5 Å². The summed E-state index contributed by atoms with van der Waals surface area (Å²) in [4.78, 5) is 2.55. The van der Waals surface area contributed by atoms with Gasteiger partial charge in [-0.15, -0.1) is 0 Å². The third-order valence-corrected chi connectivity index (χ3v) is 12.7. The number of hydrogen-bond donors (Lipinski definition) is 2. The quantitative estimate of drug-likeness (QED) is 0.190. The Balaban J connectivity index is 1.12. The van der Waals surface area contributed by atoms with Crippen LogP contribution in [0.2, 0.25) is 0 Å². The van der Waals surface area contributed by atoms with Gasteiger partial charge in [0.1, 0.15) is 6.17 Å². The number of benzene rings is 6. The number of para-hydroxylation sites is 4. The zero-order chi connectivity index (χ0) is 37.2. The number of aromatic nitrogens is 3. The number of rotatable bonds is 3. The van der Waals surface area contributed by atoms with E-state index in [9.17, 15) is 0 Å². The Morgan fingerprint density at radius 1 is 0.509 bits per heavy atom. The van der Waals surface area contributed by atoms with Gasteiger partial charge in [-0.1, -0.05) is 103 Å². The molecule has 0 amide bonds. The van der Waals surface area contributed by atoms with E-state index in [2.05, 4.69) is 199 Å². The topological polar surface area (TPSA) is 42.1 Å². The Hall–Kier alpha value is -7.18. The van der Waals surface area contributed by atoms with Crippen LogP contribution in [0.3, 0.4) is 0 Å². The molecule has 6 aromatic carbocycles. The van der Waals surface area contributed by atoms with Gasteiger partial charge in [0.15, 0.2) is 6.29 Å². The summed E-state index contributed by atoms with van der Waals surface area (Å²) in [5.41, 5.74) is 15.8. The average molecular weight is 735 g/mol. The van der Waals surface area contributed by atoms with Crippen LogP contribution in [0.5, 0.6) is 0 Å². The van der Waals surface area contributed by atoms with Gasteiger partial charge < -0.3 is 29.2 Å². The molecule has 6 heteroatoms. The zero-order valence-corrected chi connectivity index (χ0v) is 31.2. The number of nitrogens with one attached hydrogen (secondary N) is 2. The molecule has 9 aromatic rings. The van der Waals surface area contributed by atoms with E-state index in [0.717, 1.165) is 36.3 Å². The van der Waals surface area contributed by atoms with Crippen molar-refractivity contribution in [3.63, 3.8) is 0 Å². The summed E-state index contributed by atoms with van der Waals surface area (Å²) in [6.45, 7) is 0. The van der Waals surface area contributed by atoms with Crippen LogP contribution in [0.25, 0.3) is 72.0 Å². The highest BCUT2D eigenvalue weighted by atomic mass is 15.5. The number of aryl methyl sites for hydroxylation is 1. The molecular formula is C51H38N6. The summed E-state index contributed by atoms with van der Waals surface area (Å²) in [5, 5.41) is 14.4. The highest BCUT2D eigenvalue weighted by Gasteiger charge is 2.42. The number of allylic oxidation sites excluding steroid dienone is 5. The van der Waals surface area contributed by atoms with Gasteiger partial charge in [-0.05, 0) is 91.6 Å². The summed E-state index contributed by atoms with van der Waals surface area (Å²) < 4.78 is 7.49. The van der Waals surface area contributed by atoms with Gasteiger partial charge in [0.2, 0.25) is 0 Å². The van der Waals surface area contributed by atoms with Crippen molar-refractivity contribution in [2.75, 3.05) is 5.32 Å². The van der Waals surface area contributed by atoms with E-state index in [4.69, 9.17) is 0 Å². The second-order valence-electron chi connectivity index (χ2n) is 15.7. The monoisotopic (exact) mass is 734 g/mol. The molecule has 2 aliphatic carbocycles. The molecule has 0 spiro atoms. The average Bonchev–Trinajstić information content (AvgIpc) is 3.95. The fourth-order valence-electron chi connectivity index (χ4n) is 10.3. The van der Waals surface area contributed by atoms with Crippen LogP contribution in [0.4, 0.5) is 5.69 Å². The molecule has 2 N–H and O–H groups in total. The van der Waals surface area contributed by atoms with Crippen LogP contribution in [0.1, 0.15) is 42.1 Å². The molecule has 13 rings (SSSR count). The second-order valence-corrected chi connectivity index (χ2v) is 15.7. The SMILES string of the molecule is C1=CC2=C(C=CC1)N1C(N2)c2ccccc2NC1n1c2cc(-n3c4c(c5ccccc53)CCC=C4)ccc2c2ccc(-n3c4ccccc4c4ccccc43)cc21. The molecule has 0 saturated heterocycles. The van der Waals surface area contributed by atoms with E-state index >= 15 is 0 Å². The standard InChI is InChI=1S/C51H38N6/c1-2-20-42-47(25-3-1)57-50(52-42)40-18-4-9-19-41(40)53-51(57)56-48-30-32(54-43-21-10-5-14-34(43)35-15-6-11-22-44(35)54)26-28-38(48)39-29-27-33(31-49(39)56)55-45-23-12-7-16-36(45)37-17-8-13-24-46(37)55/h2-7,9-16,18-31,50-53H,1,8,17H2. The molecule has 2 unspecified atom stereocenters. The predicted octanol–water partition coefficient (Wildman–Crippen LogP) is 12.0. The van der Waals surface area contributed by atoms with Gasteiger partial charge in [-0.25, -0.2) is 0 Å². The molecule has 2 atom stereocenters. The van der Waals surface area contributed by atoms with Gasteiger partial charge in [-0.3, -0.25) is 0 Å². The highest BCUT2D eigenvalue weighted by Crippen LogP contribution is 2.48. The first-order valence-corrected chi connectivity index (χ1v) is 20.1. The van der Waals surface area contributed by atoms with E-state index in [1.165, 1.54) is 82.7 Å². The van der Waals surface area contributed by atoms with Gasteiger partial charge in [-0.2, -0.15) is 0 Å². The molecule has 4 aliphatic rings. The van der Waals surface area contributed by atoms with Crippen molar-refractivity contribution < 1.29 is 0 Å². The Morgan fingerprint density at radius 3 is 1.88 bits per heavy atom. The molecule has 0 saturated carbocycles. The third-order valence-electron chi connectivity index (χ3n) is 12.7. The maximum atomic E-state index is 4.09. The number of fused-ring (bicyclic) bond motifs is 13. The smallest absolute Gasteiger partial charge is 0.185 e.